The number of rotatable bonds is 16. The van der Waals surface area contributed by atoms with Crippen molar-refractivity contribution in [3.8, 4) is 39.1 Å². The van der Waals surface area contributed by atoms with Gasteiger partial charge >= 0.3 is 0 Å². The van der Waals surface area contributed by atoms with E-state index in [9.17, 15) is 5.11 Å². The van der Waals surface area contributed by atoms with E-state index in [1.807, 2.05) is 30.3 Å². The van der Waals surface area contributed by atoms with Crippen LogP contribution in [0.25, 0.3) is 66.5 Å². The molecule has 4 nitrogen and oxygen atoms in total. The van der Waals surface area contributed by atoms with E-state index in [0.717, 1.165) is 108 Å². The summed E-state index contributed by atoms with van der Waals surface area (Å²) in [4.78, 5) is 2.35. The van der Waals surface area contributed by atoms with Gasteiger partial charge in [-0.15, -0.1) is 6.58 Å². The Morgan fingerprint density at radius 2 is 1.38 bits per heavy atom. The molecule has 0 amide bonds. The largest absolute Gasteiger partial charge is 0.507 e. The Kier molecular flexibility index (Phi) is 14.9. The Balaban J connectivity index is 0.968. The van der Waals surface area contributed by atoms with Gasteiger partial charge in [-0.1, -0.05) is 171 Å². The van der Waals surface area contributed by atoms with Gasteiger partial charge in [0.15, 0.2) is 0 Å². The monoisotopic (exact) mass is 991 g/mol. The lowest BCUT2D eigenvalue weighted by molar-refractivity contribution is 0.186. The maximum atomic E-state index is 10.8. The van der Waals surface area contributed by atoms with Crippen molar-refractivity contribution in [2.75, 3.05) is 4.90 Å². The highest BCUT2D eigenvalue weighted by Gasteiger charge is 2.39. The lowest BCUT2D eigenvalue weighted by atomic mass is 9.81. The number of anilines is 1. The maximum absolute atomic E-state index is 10.8. The number of allylic oxidation sites excluding steroid dienone is 19. The molecule has 1 saturated heterocycles. The number of hydrogen-bond acceptors (Lipinski definition) is 3. The first kappa shape index (κ1) is 50.7. The summed E-state index contributed by atoms with van der Waals surface area (Å²) in [6, 6.07) is 48.7. The molecule has 7 aromatic rings. The van der Waals surface area contributed by atoms with Crippen LogP contribution in [0.1, 0.15) is 46.1 Å². The van der Waals surface area contributed by atoms with E-state index < -0.39 is 0 Å². The molecule has 4 unspecified atom stereocenters. The Bertz CT molecular complexity index is 3710. The minimum atomic E-state index is -0.0185. The molecule has 0 saturated carbocycles. The van der Waals surface area contributed by atoms with E-state index in [4.69, 9.17) is 4.74 Å². The van der Waals surface area contributed by atoms with Crippen molar-refractivity contribution in [3.63, 3.8) is 0 Å². The van der Waals surface area contributed by atoms with Crippen LogP contribution in [0.15, 0.2) is 285 Å². The maximum Gasteiger partial charge on any atom is 0.124 e. The Morgan fingerprint density at radius 3 is 2.09 bits per heavy atom. The summed E-state index contributed by atoms with van der Waals surface area (Å²) < 4.78 is 8.46. The van der Waals surface area contributed by atoms with E-state index in [-0.39, 0.29) is 23.7 Å². The summed E-state index contributed by atoms with van der Waals surface area (Å²) in [7, 11) is 0. The van der Waals surface area contributed by atoms with Gasteiger partial charge in [-0.3, -0.25) is 0 Å². The molecule has 376 valence electrons. The second-order valence-electron chi connectivity index (χ2n) is 20.0. The van der Waals surface area contributed by atoms with Crippen molar-refractivity contribution in [1.29, 1.82) is 0 Å². The summed E-state index contributed by atoms with van der Waals surface area (Å²) in [6.45, 7) is 26.0. The molecule has 0 spiro atoms. The molecule has 3 aliphatic rings. The topological polar surface area (TPSA) is 37.6 Å². The molecule has 0 bridgehead atoms. The third-order valence-electron chi connectivity index (χ3n) is 15.2. The molecule has 6 aromatic carbocycles. The second kappa shape index (κ2) is 22.3. The highest BCUT2D eigenvalue weighted by atomic mass is 16.5. The number of phenols is 1. The molecule has 1 fully saturated rings. The van der Waals surface area contributed by atoms with Gasteiger partial charge < -0.3 is 19.3 Å². The minimum absolute atomic E-state index is 0.0185. The number of phenolic OH excluding ortho intramolecular Hbond substituents is 1. The van der Waals surface area contributed by atoms with E-state index in [1.165, 1.54) is 16.7 Å². The number of aromatic hydroxyl groups is 1. The number of nitrogens with zero attached hydrogens (tertiary/aromatic N) is 2. The van der Waals surface area contributed by atoms with Gasteiger partial charge in [0.1, 0.15) is 11.9 Å². The van der Waals surface area contributed by atoms with E-state index in [2.05, 4.69) is 252 Å². The summed E-state index contributed by atoms with van der Waals surface area (Å²) in [6.07, 6.45) is 32.4. The molecular formula is C72H66N2O2. The zero-order chi connectivity index (χ0) is 52.9. The first-order valence-corrected chi connectivity index (χ1v) is 26.4. The summed E-state index contributed by atoms with van der Waals surface area (Å²) in [5.74, 6) is 1.81. The van der Waals surface area contributed by atoms with Gasteiger partial charge in [0, 0.05) is 56.9 Å². The normalized spacial score (nSPS) is 18.8. The van der Waals surface area contributed by atoms with Gasteiger partial charge in [-0.2, -0.15) is 0 Å². The number of fused-ring (bicyclic) bond motifs is 4. The smallest absolute Gasteiger partial charge is 0.124 e. The van der Waals surface area contributed by atoms with Crippen LogP contribution in [0.3, 0.4) is 0 Å². The van der Waals surface area contributed by atoms with Crippen molar-refractivity contribution in [2.45, 2.75) is 46.6 Å². The van der Waals surface area contributed by atoms with Crippen molar-refractivity contribution < 1.29 is 9.84 Å². The fourth-order valence-electron chi connectivity index (χ4n) is 11.0. The number of para-hydroxylation sites is 1. The van der Waals surface area contributed by atoms with Gasteiger partial charge in [-0.25, -0.2) is 0 Å². The molecule has 0 radical (unpaired) electrons. The van der Waals surface area contributed by atoms with Crippen LogP contribution in [0.5, 0.6) is 5.75 Å². The molecule has 1 aliphatic heterocycles. The van der Waals surface area contributed by atoms with Gasteiger partial charge in [0.05, 0.1) is 16.8 Å². The van der Waals surface area contributed by atoms with E-state index in [0.29, 0.717) is 5.92 Å². The molecule has 2 aliphatic carbocycles. The first-order valence-electron chi connectivity index (χ1n) is 26.4. The summed E-state index contributed by atoms with van der Waals surface area (Å²) in [5.41, 5.74) is 18.1. The fraction of sp³-hybridized carbons (Fsp3) is 0.139. The molecule has 1 aromatic heterocycles. The third-order valence-corrected chi connectivity index (χ3v) is 15.2. The number of hydrogen-bond donors (Lipinski definition) is 1. The molecule has 4 heteroatoms. The number of aromatic nitrogens is 1. The summed E-state index contributed by atoms with van der Waals surface area (Å²) >= 11 is 0. The van der Waals surface area contributed by atoms with Crippen molar-refractivity contribution in [3.05, 3.63) is 290 Å². The fourth-order valence-corrected chi connectivity index (χ4v) is 11.0. The molecule has 76 heavy (non-hydrogen) atoms. The lowest BCUT2D eigenvalue weighted by Crippen LogP contribution is -2.21. The Hall–Kier alpha value is -8.86. The number of benzene rings is 6. The van der Waals surface area contributed by atoms with Crippen molar-refractivity contribution in [1.82, 2.24) is 4.57 Å². The predicted octanol–water partition coefficient (Wildman–Crippen LogP) is 19.1. The Morgan fingerprint density at radius 1 is 0.711 bits per heavy atom. The van der Waals surface area contributed by atoms with Crippen LogP contribution in [-0.2, 0) is 4.74 Å². The highest BCUT2D eigenvalue weighted by molar-refractivity contribution is 6.12. The highest BCUT2D eigenvalue weighted by Crippen LogP contribution is 2.44. The molecule has 2 heterocycles. The number of ether oxygens (including phenoxy) is 1. The zero-order valence-corrected chi connectivity index (χ0v) is 44.2. The third kappa shape index (κ3) is 10.3. The first-order chi connectivity index (χ1) is 37.0. The Labute approximate surface area is 449 Å². The van der Waals surface area contributed by atoms with Crippen LogP contribution >= 0.6 is 0 Å². The molecule has 4 atom stereocenters. The molecule has 1 N–H and O–H groups in total. The predicted molar refractivity (Wildman–Crippen MR) is 324 cm³/mol. The van der Waals surface area contributed by atoms with Crippen LogP contribution in [0.4, 0.5) is 5.69 Å². The quantitative estimate of drug-likeness (QED) is 0.0774. The lowest BCUT2D eigenvalue weighted by Gasteiger charge is -2.30. The summed E-state index contributed by atoms with van der Waals surface area (Å²) in [5, 5.41) is 13.0. The van der Waals surface area contributed by atoms with Crippen molar-refractivity contribution in [2.24, 2.45) is 17.8 Å². The van der Waals surface area contributed by atoms with Crippen LogP contribution in [-0.4, -0.2) is 15.8 Å². The minimum Gasteiger partial charge on any atom is -0.507 e. The van der Waals surface area contributed by atoms with Crippen LogP contribution in [0, 0.1) is 17.8 Å². The average molecular weight is 991 g/mol. The van der Waals surface area contributed by atoms with E-state index in [1.54, 1.807) is 6.07 Å². The average Bonchev–Trinajstić information content (AvgIpc) is 3.98. The van der Waals surface area contributed by atoms with Crippen LogP contribution in [0.2, 0.25) is 0 Å². The molecule has 10 rings (SSSR count). The standard InChI is InChI=1S/C72H66N2O2/c1-9-18-53(11-3)55-30-37-62(38-31-55)73(63-39-32-56(33-40-63)54-20-13-12-14-21-54)50(6)28-26-48(4)49(5)27-29-51(7)74-69-41-34-58(57-22-17-23-61(44-57)65-24-15-16-25-71(65)75)45-66(69)67-46-59(35-42-70(67)74)60-36-43-72-68(47-60)64(19-10-2)52(8)76-72/h9-18,20-30,32-47,55,64,68,72,75H,2,5,7-8,19,31H2,1,3-4,6H3/b18-9-,29-27-,48-26+,50-28+,53-11+. The zero-order valence-electron chi connectivity index (χ0n) is 44.2. The van der Waals surface area contributed by atoms with Gasteiger partial charge in [0.2, 0.25) is 0 Å². The second-order valence-corrected chi connectivity index (χ2v) is 20.0. The molecular weight excluding hydrogens is 925 g/mol. The van der Waals surface area contributed by atoms with Gasteiger partial charge in [-0.05, 0) is 169 Å². The van der Waals surface area contributed by atoms with Gasteiger partial charge in [0.25, 0.3) is 0 Å². The SMILES string of the molecule is C=CCC1C(=C)OC2C=CC(c3ccc4c(c3)c3cc(-c5cccc(-c6ccccc6O)c5)ccc3n4C(=C)/C=C\C(=C)/C(C)=C/C=C(\C)N(C3=CCC(C(/C=C\C)=C/C)C=C3)c3ccc(-c4ccccc4)cc3)=CC21. The van der Waals surface area contributed by atoms with E-state index >= 15 is 0 Å². The van der Waals surface area contributed by atoms with Crippen molar-refractivity contribution >= 4 is 38.8 Å². The van der Waals surface area contributed by atoms with Crippen LogP contribution < -0.4 is 4.90 Å².